The fourth-order valence-corrected chi connectivity index (χ4v) is 2.67. The SMILES string of the molecule is CONC(=O)c1ccc(C)c(Nc2nc(Cl)nc(N(C)CC(C)(C)C)n2)c1. The zero-order valence-corrected chi connectivity index (χ0v) is 17.2. The number of hydrogen-bond acceptors (Lipinski definition) is 7. The number of rotatable bonds is 6. The molecule has 1 heterocycles. The summed E-state index contributed by atoms with van der Waals surface area (Å²) in [5.41, 5.74) is 4.41. The van der Waals surface area contributed by atoms with Gasteiger partial charge in [-0.3, -0.25) is 9.63 Å². The van der Waals surface area contributed by atoms with Crippen LogP contribution in [0.5, 0.6) is 0 Å². The Morgan fingerprint density at radius 1 is 1.26 bits per heavy atom. The molecule has 0 unspecified atom stereocenters. The molecule has 146 valence electrons. The molecule has 0 bridgehead atoms. The van der Waals surface area contributed by atoms with Gasteiger partial charge in [0.25, 0.3) is 5.91 Å². The van der Waals surface area contributed by atoms with Crippen LogP contribution in [0.25, 0.3) is 0 Å². The molecule has 1 amide bonds. The average Bonchev–Trinajstić information content (AvgIpc) is 2.55. The van der Waals surface area contributed by atoms with Crippen molar-refractivity contribution in [2.24, 2.45) is 5.41 Å². The van der Waals surface area contributed by atoms with E-state index in [4.69, 9.17) is 11.6 Å². The van der Waals surface area contributed by atoms with Crippen LogP contribution in [-0.2, 0) is 4.84 Å². The zero-order valence-electron chi connectivity index (χ0n) is 16.4. The summed E-state index contributed by atoms with van der Waals surface area (Å²) < 4.78 is 0. The van der Waals surface area contributed by atoms with Crippen molar-refractivity contribution in [1.82, 2.24) is 20.4 Å². The van der Waals surface area contributed by atoms with Gasteiger partial charge in [0.15, 0.2) is 0 Å². The molecule has 2 aromatic rings. The Labute approximate surface area is 164 Å². The third-order valence-corrected chi connectivity index (χ3v) is 3.76. The lowest BCUT2D eigenvalue weighted by atomic mass is 9.96. The second kappa shape index (κ2) is 8.49. The first-order valence-electron chi connectivity index (χ1n) is 8.43. The number of benzene rings is 1. The fraction of sp³-hybridized carbons (Fsp3) is 0.444. The maximum atomic E-state index is 12.0. The predicted octanol–water partition coefficient (Wildman–Crippen LogP) is 3.35. The van der Waals surface area contributed by atoms with E-state index >= 15 is 0 Å². The molecule has 8 nitrogen and oxygen atoms in total. The molecule has 0 radical (unpaired) electrons. The van der Waals surface area contributed by atoms with Gasteiger partial charge in [-0.25, -0.2) is 5.48 Å². The normalized spacial score (nSPS) is 11.2. The maximum absolute atomic E-state index is 12.0. The summed E-state index contributed by atoms with van der Waals surface area (Å²) in [6, 6.07) is 5.22. The molecule has 0 aliphatic heterocycles. The number of anilines is 3. The smallest absolute Gasteiger partial charge is 0.274 e. The molecule has 0 aliphatic carbocycles. The average molecular weight is 393 g/mol. The van der Waals surface area contributed by atoms with Crippen LogP contribution in [0.4, 0.5) is 17.6 Å². The molecule has 1 aromatic carbocycles. The number of halogens is 1. The molecule has 2 N–H and O–H groups in total. The minimum Gasteiger partial charge on any atom is -0.343 e. The van der Waals surface area contributed by atoms with E-state index in [1.807, 2.05) is 24.9 Å². The molecule has 27 heavy (non-hydrogen) atoms. The number of amides is 1. The minimum atomic E-state index is -0.347. The van der Waals surface area contributed by atoms with Crippen LogP contribution < -0.4 is 15.7 Å². The lowest BCUT2D eigenvalue weighted by Gasteiger charge is -2.26. The van der Waals surface area contributed by atoms with Crippen LogP contribution >= 0.6 is 11.6 Å². The van der Waals surface area contributed by atoms with E-state index in [0.717, 1.165) is 12.1 Å². The quantitative estimate of drug-likeness (QED) is 0.728. The standard InChI is InChI=1S/C18H25ClN6O2/c1-11-7-8-12(14(26)24-27-6)9-13(11)20-16-21-15(19)22-17(23-16)25(5)10-18(2,3)4/h7-9H,10H2,1-6H3,(H,24,26)(H,20,21,22,23). The van der Waals surface area contributed by atoms with Crippen molar-refractivity contribution >= 4 is 35.1 Å². The summed E-state index contributed by atoms with van der Waals surface area (Å²) in [6.07, 6.45) is 0. The number of carbonyl (C=O) groups excluding carboxylic acids is 1. The van der Waals surface area contributed by atoms with Gasteiger partial charge in [-0.2, -0.15) is 15.0 Å². The molecule has 0 saturated carbocycles. The highest BCUT2D eigenvalue weighted by atomic mass is 35.5. The highest BCUT2D eigenvalue weighted by Crippen LogP contribution is 2.23. The van der Waals surface area contributed by atoms with E-state index in [2.05, 4.69) is 51.4 Å². The Hall–Kier alpha value is -2.45. The summed E-state index contributed by atoms with van der Waals surface area (Å²) >= 11 is 6.08. The molecule has 9 heteroatoms. The van der Waals surface area contributed by atoms with Gasteiger partial charge in [0.05, 0.1) is 7.11 Å². The van der Waals surface area contributed by atoms with Crippen LogP contribution in [-0.4, -0.2) is 41.6 Å². The van der Waals surface area contributed by atoms with Crippen LogP contribution in [0.2, 0.25) is 5.28 Å². The van der Waals surface area contributed by atoms with Gasteiger partial charge in [-0.1, -0.05) is 26.8 Å². The van der Waals surface area contributed by atoms with Gasteiger partial charge >= 0.3 is 0 Å². The van der Waals surface area contributed by atoms with Crippen LogP contribution in [0, 0.1) is 12.3 Å². The van der Waals surface area contributed by atoms with Crippen molar-refractivity contribution in [3.63, 3.8) is 0 Å². The van der Waals surface area contributed by atoms with Gasteiger partial charge in [-0.15, -0.1) is 0 Å². The molecule has 0 fully saturated rings. The highest BCUT2D eigenvalue weighted by Gasteiger charge is 2.17. The van der Waals surface area contributed by atoms with Crippen LogP contribution in [0.3, 0.4) is 0 Å². The second-order valence-electron chi connectivity index (χ2n) is 7.43. The Morgan fingerprint density at radius 3 is 2.59 bits per heavy atom. The monoisotopic (exact) mass is 392 g/mol. The summed E-state index contributed by atoms with van der Waals surface area (Å²) in [6.45, 7) is 9.05. The van der Waals surface area contributed by atoms with Gasteiger partial charge in [0.2, 0.25) is 17.2 Å². The number of nitrogens with one attached hydrogen (secondary N) is 2. The first kappa shape index (κ1) is 20.9. The third kappa shape index (κ3) is 6.04. The Bertz CT molecular complexity index is 822. The molecule has 0 aliphatic rings. The molecular weight excluding hydrogens is 368 g/mol. The number of hydroxylamine groups is 1. The molecule has 0 atom stereocenters. The van der Waals surface area contributed by atoms with Crippen molar-refractivity contribution in [2.45, 2.75) is 27.7 Å². The summed E-state index contributed by atoms with van der Waals surface area (Å²) in [5, 5.41) is 3.21. The van der Waals surface area contributed by atoms with Crippen LogP contribution in [0.1, 0.15) is 36.7 Å². The van der Waals surface area contributed by atoms with E-state index in [1.165, 1.54) is 7.11 Å². The van der Waals surface area contributed by atoms with Gasteiger partial charge in [0, 0.05) is 24.8 Å². The topological polar surface area (TPSA) is 92.3 Å². The van der Waals surface area contributed by atoms with Gasteiger partial charge in [-0.05, 0) is 41.6 Å². The minimum absolute atomic E-state index is 0.0705. The van der Waals surface area contributed by atoms with Gasteiger partial charge in [0.1, 0.15) is 0 Å². The largest absolute Gasteiger partial charge is 0.343 e. The zero-order chi connectivity index (χ0) is 20.2. The second-order valence-corrected chi connectivity index (χ2v) is 7.77. The number of nitrogens with zero attached hydrogens (tertiary/aromatic N) is 4. The van der Waals surface area contributed by atoms with E-state index in [1.54, 1.807) is 12.1 Å². The van der Waals surface area contributed by atoms with Crippen molar-refractivity contribution in [2.75, 3.05) is 30.9 Å². The number of aryl methyl sites for hydroxylation is 1. The van der Waals surface area contributed by atoms with E-state index in [9.17, 15) is 4.79 Å². The number of hydrogen-bond donors (Lipinski definition) is 2. The Balaban J connectivity index is 2.29. The summed E-state index contributed by atoms with van der Waals surface area (Å²) in [7, 11) is 3.29. The molecule has 0 spiro atoms. The third-order valence-electron chi connectivity index (χ3n) is 3.59. The molecule has 1 aromatic heterocycles. The first-order chi connectivity index (χ1) is 12.6. The fourth-order valence-electron chi connectivity index (χ4n) is 2.52. The van der Waals surface area contributed by atoms with Crippen molar-refractivity contribution < 1.29 is 9.63 Å². The van der Waals surface area contributed by atoms with Crippen molar-refractivity contribution in [3.05, 3.63) is 34.6 Å². The molecular formula is C18H25ClN6O2. The number of carbonyl (C=O) groups is 1. The molecule has 2 rings (SSSR count). The number of aromatic nitrogens is 3. The summed E-state index contributed by atoms with van der Waals surface area (Å²) in [5.74, 6) is 0.427. The first-order valence-corrected chi connectivity index (χ1v) is 8.80. The Kier molecular flexibility index (Phi) is 6.56. The van der Waals surface area contributed by atoms with E-state index in [0.29, 0.717) is 23.1 Å². The van der Waals surface area contributed by atoms with E-state index < -0.39 is 0 Å². The molecule has 0 saturated heterocycles. The lowest BCUT2D eigenvalue weighted by molar-refractivity contribution is 0.0537. The highest BCUT2D eigenvalue weighted by molar-refractivity contribution is 6.28. The Morgan fingerprint density at radius 2 is 1.96 bits per heavy atom. The van der Waals surface area contributed by atoms with E-state index in [-0.39, 0.29) is 16.6 Å². The lowest BCUT2D eigenvalue weighted by Crippen LogP contribution is -2.30. The van der Waals surface area contributed by atoms with Crippen molar-refractivity contribution in [1.29, 1.82) is 0 Å². The van der Waals surface area contributed by atoms with Crippen molar-refractivity contribution in [3.8, 4) is 0 Å². The summed E-state index contributed by atoms with van der Waals surface area (Å²) in [4.78, 5) is 31.3. The van der Waals surface area contributed by atoms with Crippen LogP contribution in [0.15, 0.2) is 18.2 Å². The maximum Gasteiger partial charge on any atom is 0.274 e. The van der Waals surface area contributed by atoms with Gasteiger partial charge < -0.3 is 10.2 Å². The predicted molar refractivity (Wildman–Crippen MR) is 106 cm³/mol.